The Balaban J connectivity index is 1.90. The monoisotopic (exact) mass is 346 g/mol. The number of amides is 1. The van der Waals surface area contributed by atoms with Crippen LogP contribution in [0.2, 0.25) is 0 Å². The predicted octanol–water partition coefficient (Wildman–Crippen LogP) is 2.81. The maximum Gasteiger partial charge on any atom is 0.310 e. The van der Waals surface area contributed by atoms with Crippen molar-refractivity contribution in [3.8, 4) is 0 Å². The van der Waals surface area contributed by atoms with E-state index in [-0.39, 0.29) is 17.8 Å². The second kappa shape index (κ2) is 10.2. The molecule has 1 atom stereocenters. The SMILES string of the molecule is COC(=O)C(C)CN(CCCCN1CCCC1)C(=O)c1ccccc1. The zero-order valence-corrected chi connectivity index (χ0v) is 15.4. The number of nitrogens with zero attached hydrogens (tertiary/aromatic N) is 2. The number of rotatable bonds is 9. The van der Waals surface area contributed by atoms with Crippen molar-refractivity contribution in [1.82, 2.24) is 9.80 Å². The van der Waals surface area contributed by atoms with Crippen LogP contribution in [-0.4, -0.2) is 61.5 Å². The van der Waals surface area contributed by atoms with Gasteiger partial charge in [0.25, 0.3) is 5.91 Å². The van der Waals surface area contributed by atoms with Gasteiger partial charge in [-0.1, -0.05) is 25.1 Å². The molecule has 1 aliphatic heterocycles. The zero-order valence-electron chi connectivity index (χ0n) is 15.4. The molecule has 1 heterocycles. The van der Waals surface area contributed by atoms with E-state index in [4.69, 9.17) is 4.74 Å². The summed E-state index contributed by atoms with van der Waals surface area (Å²) >= 11 is 0. The lowest BCUT2D eigenvalue weighted by atomic mass is 10.1. The zero-order chi connectivity index (χ0) is 18.1. The summed E-state index contributed by atoms with van der Waals surface area (Å²) in [6.45, 7) is 6.37. The standard InChI is InChI=1S/C20H30N2O3/c1-17(20(24)25-2)16-22(19(23)18-10-4-3-5-11-18)15-9-8-14-21-12-6-7-13-21/h3-5,10-11,17H,6-9,12-16H2,1-2H3. The van der Waals surface area contributed by atoms with E-state index in [9.17, 15) is 9.59 Å². The third-order valence-electron chi connectivity index (χ3n) is 4.76. The number of hydrogen-bond acceptors (Lipinski definition) is 4. The first-order valence-corrected chi connectivity index (χ1v) is 9.26. The van der Waals surface area contributed by atoms with Gasteiger partial charge in [0.05, 0.1) is 13.0 Å². The number of methoxy groups -OCH3 is 1. The molecule has 0 N–H and O–H groups in total. The van der Waals surface area contributed by atoms with Gasteiger partial charge in [0.2, 0.25) is 0 Å². The smallest absolute Gasteiger partial charge is 0.310 e. The van der Waals surface area contributed by atoms with Crippen LogP contribution in [0.25, 0.3) is 0 Å². The number of carbonyl (C=O) groups is 2. The van der Waals surface area contributed by atoms with Crippen LogP contribution in [0, 0.1) is 5.92 Å². The molecule has 5 heteroatoms. The Kier molecular flexibility index (Phi) is 7.92. The summed E-state index contributed by atoms with van der Waals surface area (Å²) in [6.07, 6.45) is 4.62. The molecule has 25 heavy (non-hydrogen) atoms. The molecular formula is C20H30N2O3. The van der Waals surface area contributed by atoms with Crippen molar-refractivity contribution in [2.24, 2.45) is 5.92 Å². The van der Waals surface area contributed by atoms with Crippen LogP contribution in [0.3, 0.4) is 0 Å². The van der Waals surface area contributed by atoms with Gasteiger partial charge in [-0.05, 0) is 57.5 Å². The summed E-state index contributed by atoms with van der Waals surface area (Å²) in [5, 5.41) is 0. The van der Waals surface area contributed by atoms with Crippen molar-refractivity contribution in [1.29, 1.82) is 0 Å². The second-order valence-corrected chi connectivity index (χ2v) is 6.80. The molecule has 0 saturated carbocycles. The molecule has 1 aromatic carbocycles. The molecule has 1 aliphatic rings. The quantitative estimate of drug-likeness (QED) is 0.510. The first-order chi connectivity index (χ1) is 12.1. The number of unbranched alkanes of at least 4 members (excludes halogenated alkanes) is 1. The first kappa shape index (κ1) is 19.4. The topological polar surface area (TPSA) is 49.9 Å². The van der Waals surface area contributed by atoms with Crippen molar-refractivity contribution >= 4 is 11.9 Å². The Morgan fingerprint density at radius 2 is 1.84 bits per heavy atom. The fraction of sp³-hybridized carbons (Fsp3) is 0.600. The van der Waals surface area contributed by atoms with Gasteiger partial charge in [-0.2, -0.15) is 0 Å². The largest absolute Gasteiger partial charge is 0.469 e. The molecule has 138 valence electrons. The highest BCUT2D eigenvalue weighted by molar-refractivity contribution is 5.94. The molecule has 0 spiro atoms. The van der Waals surface area contributed by atoms with Gasteiger partial charge in [0.1, 0.15) is 0 Å². The Morgan fingerprint density at radius 3 is 2.48 bits per heavy atom. The van der Waals surface area contributed by atoms with Crippen molar-refractivity contribution in [3.63, 3.8) is 0 Å². The van der Waals surface area contributed by atoms with E-state index in [0.29, 0.717) is 18.7 Å². The van der Waals surface area contributed by atoms with Crippen LogP contribution < -0.4 is 0 Å². The maximum absolute atomic E-state index is 12.8. The van der Waals surface area contributed by atoms with Gasteiger partial charge >= 0.3 is 5.97 Å². The average Bonchev–Trinajstić information content (AvgIpc) is 3.17. The van der Waals surface area contributed by atoms with E-state index in [0.717, 1.165) is 19.4 Å². The third-order valence-corrected chi connectivity index (χ3v) is 4.76. The molecule has 1 amide bonds. The summed E-state index contributed by atoms with van der Waals surface area (Å²) < 4.78 is 4.81. The predicted molar refractivity (Wildman–Crippen MR) is 98.4 cm³/mol. The van der Waals surface area contributed by atoms with Crippen LogP contribution in [0.15, 0.2) is 30.3 Å². The van der Waals surface area contributed by atoms with Crippen molar-refractivity contribution < 1.29 is 14.3 Å². The van der Waals surface area contributed by atoms with Crippen LogP contribution in [-0.2, 0) is 9.53 Å². The number of carbonyl (C=O) groups excluding carboxylic acids is 2. The number of esters is 1. The minimum absolute atomic E-state index is 0.0162. The maximum atomic E-state index is 12.8. The van der Waals surface area contributed by atoms with Crippen molar-refractivity contribution in [3.05, 3.63) is 35.9 Å². The number of ether oxygens (including phenoxy) is 1. The summed E-state index contributed by atoms with van der Waals surface area (Å²) in [5.74, 6) is -0.614. The second-order valence-electron chi connectivity index (χ2n) is 6.80. The van der Waals surface area contributed by atoms with E-state index in [2.05, 4.69) is 4.90 Å². The Hall–Kier alpha value is -1.88. The van der Waals surface area contributed by atoms with Gasteiger partial charge < -0.3 is 14.5 Å². The molecule has 0 aromatic heterocycles. The summed E-state index contributed by atoms with van der Waals surface area (Å²) in [7, 11) is 1.39. The molecule has 0 radical (unpaired) electrons. The lowest BCUT2D eigenvalue weighted by Crippen LogP contribution is -2.38. The summed E-state index contributed by atoms with van der Waals surface area (Å²) in [4.78, 5) is 28.8. The van der Waals surface area contributed by atoms with Crippen LogP contribution >= 0.6 is 0 Å². The molecule has 1 fully saturated rings. The first-order valence-electron chi connectivity index (χ1n) is 9.26. The molecule has 1 aromatic rings. The van der Waals surface area contributed by atoms with Gasteiger partial charge in [-0.3, -0.25) is 9.59 Å². The van der Waals surface area contributed by atoms with Crippen LogP contribution in [0.1, 0.15) is 43.0 Å². The number of benzene rings is 1. The average molecular weight is 346 g/mol. The van der Waals surface area contributed by atoms with Crippen molar-refractivity contribution in [2.45, 2.75) is 32.6 Å². The van der Waals surface area contributed by atoms with E-state index in [1.54, 1.807) is 11.8 Å². The molecule has 1 unspecified atom stereocenters. The van der Waals surface area contributed by atoms with E-state index in [1.807, 2.05) is 30.3 Å². The normalized spacial score (nSPS) is 15.8. The minimum Gasteiger partial charge on any atom is -0.469 e. The molecule has 2 rings (SSSR count). The van der Waals surface area contributed by atoms with Gasteiger partial charge in [-0.25, -0.2) is 0 Å². The highest BCUT2D eigenvalue weighted by Gasteiger charge is 2.22. The molecule has 0 bridgehead atoms. The Morgan fingerprint density at radius 1 is 1.16 bits per heavy atom. The van der Waals surface area contributed by atoms with E-state index < -0.39 is 0 Å². The van der Waals surface area contributed by atoms with Crippen LogP contribution in [0.4, 0.5) is 0 Å². The lowest BCUT2D eigenvalue weighted by Gasteiger charge is -2.25. The lowest BCUT2D eigenvalue weighted by molar-refractivity contribution is -0.145. The number of hydrogen-bond donors (Lipinski definition) is 0. The highest BCUT2D eigenvalue weighted by atomic mass is 16.5. The van der Waals surface area contributed by atoms with Crippen molar-refractivity contribution in [2.75, 3.05) is 39.8 Å². The van der Waals surface area contributed by atoms with E-state index in [1.165, 1.54) is 33.0 Å². The third kappa shape index (κ3) is 6.16. The molecule has 5 nitrogen and oxygen atoms in total. The fourth-order valence-electron chi connectivity index (χ4n) is 3.29. The van der Waals surface area contributed by atoms with Gasteiger partial charge in [-0.15, -0.1) is 0 Å². The molecular weight excluding hydrogens is 316 g/mol. The fourth-order valence-corrected chi connectivity index (χ4v) is 3.29. The van der Waals surface area contributed by atoms with E-state index >= 15 is 0 Å². The summed E-state index contributed by atoms with van der Waals surface area (Å²) in [5.41, 5.74) is 0.666. The highest BCUT2D eigenvalue weighted by Crippen LogP contribution is 2.12. The van der Waals surface area contributed by atoms with Gasteiger partial charge in [0, 0.05) is 18.7 Å². The van der Waals surface area contributed by atoms with Crippen LogP contribution in [0.5, 0.6) is 0 Å². The molecule has 1 saturated heterocycles. The molecule has 0 aliphatic carbocycles. The Labute approximate surface area is 150 Å². The summed E-state index contributed by atoms with van der Waals surface area (Å²) in [6, 6.07) is 9.27. The minimum atomic E-state index is -0.323. The number of likely N-dealkylation sites (tertiary alicyclic amines) is 1. The van der Waals surface area contributed by atoms with Gasteiger partial charge in [0.15, 0.2) is 0 Å². The Bertz CT molecular complexity index is 541.